The van der Waals surface area contributed by atoms with E-state index in [0.29, 0.717) is 12.4 Å². The average molecular weight is 224 g/mol. The Morgan fingerprint density at radius 1 is 1.25 bits per heavy atom. The number of hydrogen-bond donors (Lipinski definition) is 3. The predicted molar refractivity (Wildman–Crippen MR) is 65.5 cm³/mol. The van der Waals surface area contributed by atoms with Crippen LogP contribution in [0, 0.1) is 5.92 Å². The lowest BCUT2D eigenvalue weighted by Crippen LogP contribution is -2.25. The maximum absolute atomic E-state index is 9.63. The molecule has 0 saturated heterocycles. The molecule has 0 fully saturated rings. The first-order valence-electron chi connectivity index (χ1n) is 5.61. The normalized spacial score (nSPS) is 12.6. The Bertz CT molecular complexity index is 317. The highest BCUT2D eigenvalue weighted by atomic mass is 16.3. The molecule has 0 aliphatic rings. The summed E-state index contributed by atoms with van der Waals surface area (Å²) in [6.07, 6.45) is 2.95. The Hall–Kier alpha value is -1.36. The summed E-state index contributed by atoms with van der Waals surface area (Å²) in [5.41, 5.74) is 0. The summed E-state index contributed by atoms with van der Waals surface area (Å²) in [5, 5.41) is 15.8. The molecule has 1 aromatic heterocycles. The minimum atomic E-state index is -0.371. The van der Waals surface area contributed by atoms with Gasteiger partial charge in [-0.05, 0) is 12.8 Å². The lowest BCUT2D eigenvalue weighted by atomic mass is 10.1. The van der Waals surface area contributed by atoms with Crippen molar-refractivity contribution in [3.63, 3.8) is 0 Å². The average Bonchev–Trinajstić information content (AvgIpc) is 2.26. The zero-order valence-electron chi connectivity index (χ0n) is 10.1. The highest BCUT2D eigenvalue weighted by Crippen LogP contribution is 2.07. The third kappa shape index (κ3) is 4.02. The molecule has 0 bridgehead atoms. The van der Waals surface area contributed by atoms with Gasteiger partial charge in [0.2, 0.25) is 0 Å². The van der Waals surface area contributed by atoms with Crippen LogP contribution in [0.15, 0.2) is 12.4 Å². The molecule has 1 atom stereocenters. The molecule has 0 aliphatic carbocycles. The Morgan fingerprint density at radius 2 is 1.88 bits per heavy atom. The molecular formula is C11H20N4O. The summed E-state index contributed by atoms with van der Waals surface area (Å²) >= 11 is 0. The van der Waals surface area contributed by atoms with Crippen LogP contribution in [0.4, 0.5) is 11.6 Å². The van der Waals surface area contributed by atoms with Crippen LogP contribution in [-0.4, -0.2) is 34.3 Å². The van der Waals surface area contributed by atoms with Crippen LogP contribution in [0.1, 0.15) is 20.8 Å². The van der Waals surface area contributed by atoms with Gasteiger partial charge in [0.15, 0.2) is 0 Å². The van der Waals surface area contributed by atoms with Crippen LogP contribution in [0.5, 0.6) is 0 Å². The fraction of sp³-hybridized carbons (Fsp3) is 0.636. The van der Waals surface area contributed by atoms with Gasteiger partial charge in [0, 0.05) is 13.1 Å². The van der Waals surface area contributed by atoms with Gasteiger partial charge in [-0.15, -0.1) is 0 Å². The van der Waals surface area contributed by atoms with E-state index in [2.05, 4.69) is 20.6 Å². The van der Waals surface area contributed by atoms with Gasteiger partial charge in [-0.25, -0.2) is 4.98 Å². The molecule has 0 saturated carbocycles. The summed E-state index contributed by atoms with van der Waals surface area (Å²) in [7, 11) is 0. The highest BCUT2D eigenvalue weighted by molar-refractivity contribution is 5.41. The van der Waals surface area contributed by atoms with E-state index in [9.17, 15) is 5.11 Å². The molecule has 1 aromatic rings. The first-order chi connectivity index (χ1) is 7.63. The van der Waals surface area contributed by atoms with Crippen molar-refractivity contribution >= 4 is 11.6 Å². The minimum Gasteiger partial charge on any atom is -0.391 e. The van der Waals surface area contributed by atoms with E-state index in [0.717, 1.165) is 12.4 Å². The zero-order chi connectivity index (χ0) is 12.0. The Kier molecular flexibility index (Phi) is 4.98. The Balaban J connectivity index is 2.50. The zero-order valence-corrected chi connectivity index (χ0v) is 10.1. The van der Waals surface area contributed by atoms with E-state index >= 15 is 0 Å². The molecule has 0 aromatic carbocycles. The smallest absolute Gasteiger partial charge is 0.147 e. The van der Waals surface area contributed by atoms with Gasteiger partial charge in [0.05, 0.1) is 18.5 Å². The number of aliphatic hydroxyl groups excluding tert-OH is 1. The molecule has 1 heterocycles. The number of nitrogens with zero attached hydrogens (tertiary/aromatic N) is 2. The van der Waals surface area contributed by atoms with Crippen LogP contribution >= 0.6 is 0 Å². The van der Waals surface area contributed by atoms with Crippen molar-refractivity contribution in [3.8, 4) is 0 Å². The van der Waals surface area contributed by atoms with E-state index in [1.54, 1.807) is 12.4 Å². The first-order valence-corrected chi connectivity index (χ1v) is 5.61. The van der Waals surface area contributed by atoms with E-state index in [4.69, 9.17) is 0 Å². The standard InChI is InChI=1S/C11H20N4O/c1-4-13-10-6-12-7-11(15-10)14-5-9(16)8(2)3/h6-9,16H,4-5H2,1-3H3,(H2,13,14,15). The van der Waals surface area contributed by atoms with Crippen molar-refractivity contribution in [1.29, 1.82) is 0 Å². The monoisotopic (exact) mass is 224 g/mol. The maximum Gasteiger partial charge on any atom is 0.147 e. The van der Waals surface area contributed by atoms with Gasteiger partial charge < -0.3 is 15.7 Å². The van der Waals surface area contributed by atoms with Gasteiger partial charge >= 0.3 is 0 Å². The summed E-state index contributed by atoms with van der Waals surface area (Å²) in [6, 6.07) is 0. The van der Waals surface area contributed by atoms with Crippen molar-refractivity contribution < 1.29 is 5.11 Å². The second-order valence-electron chi connectivity index (χ2n) is 4.01. The molecule has 0 amide bonds. The molecule has 5 nitrogen and oxygen atoms in total. The van der Waals surface area contributed by atoms with Gasteiger partial charge in [-0.2, -0.15) is 0 Å². The van der Waals surface area contributed by atoms with Crippen LogP contribution in [0.2, 0.25) is 0 Å². The third-order valence-corrected chi connectivity index (χ3v) is 2.25. The molecule has 16 heavy (non-hydrogen) atoms. The number of aromatic nitrogens is 2. The number of nitrogens with one attached hydrogen (secondary N) is 2. The molecule has 0 radical (unpaired) electrons. The van der Waals surface area contributed by atoms with Gasteiger partial charge in [0.1, 0.15) is 11.6 Å². The maximum atomic E-state index is 9.63. The number of anilines is 2. The van der Waals surface area contributed by atoms with Crippen LogP contribution < -0.4 is 10.6 Å². The SMILES string of the molecule is CCNc1cncc(NCC(O)C(C)C)n1. The number of rotatable bonds is 6. The summed E-state index contributed by atoms with van der Waals surface area (Å²) < 4.78 is 0. The van der Waals surface area contributed by atoms with Gasteiger partial charge in [-0.3, -0.25) is 4.98 Å². The van der Waals surface area contributed by atoms with E-state index < -0.39 is 0 Å². The minimum absolute atomic E-state index is 0.234. The molecule has 1 rings (SSSR count). The molecule has 3 N–H and O–H groups in total. The second kappa shape index (κ2) is 6.27. The molecular weight excluding hydrogens is 204 g/mol. The van der Waals surface area contributed by atoms with Gasteiger partial charge in [-0.1, -0.05) is 13.8 Å². The fourth-order valence-electron chi connectivity index (χ4n) is 1.16. The van der Waals surface area contributed by atoms with E-state index in [1.807, 2.05) is 20.8 Å². The van der Waals surface area contributed by atoms with Crippen molar-refractivity contribution in [1.82, 2.24) is 9.97 Å². The van der Waals surface area contributed by atoms with Gasteiger partial charge in [0.25, 0.3) is 0 Å². The Labute approximate surface area is 96.3 Å². The second-order valence-corrected chi connectivity index (χ2v) is 4.01. The summed E-state index contributed by atoms with van der Waals surface area (Å²) in [4.78, 5) is 8.35. The van der Waals surface area contributed by atoms with Crippen LogP contribution in [0.3, 0.4) is 0 Å². The van der Waals surface area contributed by atoms with Crippen molar-refractivity contribution in [2.45, 2.75) is 26.9 Å². The first kappa shape index (κ1) is 12.7. The topological polar surface area (TPSA) is 70.1 Å². The molecule has 1 unspecified atom stereocenters. The molecule has 5 heteroatoms. The highest BCUT2D eigenvalue weighted by Gasteiger charge is 2.08. The lowest BCUT2D eigenvalue weighted by molar-refractivity contribution is 0.138. The number of aliphatic hydroxyl groups is 1. The van der Waals surface area contributed by atoms with Crippen molar-refractivity contribution in [3.05, 3.63) is 12.4 Å². The third-order valence-electron chi connectivity index (χ3n) is 2.25. The van der Waals surface area contributed by atoms with E-state index in [1.165, 1.54) is 0 Å². The predicted octanol–water partition coefficient (Wildman–Crippen LogP) is 1.34. The van der Waals surface area contributed by atoms with Crippen molar-refractivity contribution in [2.75, 3.05) is 23.7 Å². The van der Waals surface area contributed by atoms with Crippen molar-refractivity contribution in [2.24, 2.45) is 5.92 Å². The van der Waals surface area contributed by atoms with Crippen LogP contribution in [0.25, 0.3) is 0 Å². The number of hydrogen-bond acceptors (Lipinski definition) is 5. The van der Waals surface area contributed by atoms with Crippen LogP contribution in [-0.2, 0) is 0 Å². The largest absolute Gasteiger partial charge is 0.391 e. The fourth-order valence-corrected chi connectivity index (χ4v) is 1.16. The van der Waals surface area contributed by atoms with E-state index in [-0.39, 0.29) is 12.0 Å². The summed E-state index contributed by atoms with van der Waals surface area (Å²) in [6.45, 7) is 7.26. The Morgan fingerprint density at radius 3 is 2.44 bits per heavy atom. The molecule has 90 valence electrons. The lowest BCUT2D eigenvalue weighted by Gasteiger charge is -2.15. The summed E-state index contributed by atoms with van der Waals surface area (Å²) in [5.74, 6) is 1.65. The molecule has 0 spiro atoms. The quantitative estimate of drug-likeness (QED) is 0.680. The molecule has 0 aliphatic heterocycles.